The van der Waals surface area contributed by atoms with E-state index in [1.807, 2.05) is 0 Å². The molecule has 0 fully saturated rings. The van der Waals surface area contributed by atoms with E-state index in [1.54, 1.807) is 6.92 Å². The van der Waals surface area contributed by atoms with Gasteiger partial charge >= 0.3 is 5.97 Å². The molecule has 0 aromatic rings. The lowest BCUT2D eigenvalue weighted by Crippen LogP contribution is -2.01. The molecule has 0 saturated heterocycles. The lowest BCUT2D eigenvalue weighted by molar-refractivity contribution is -0.225. The lowest BCUT2D eigenvalue weighted by Gasteiger charge is -1.82. The summed E-state index contributed by atoms with van der Waals surface area (Å²) in [5.74, 6) is -0.841. The summed E-state index contributed by atoms with van der Waals surface area (Å²) in [6.45, 7) is 2.27. The average Bonchev–Trinajstić information content (AvgIpc) is 1.83. The Kier molecular flexibility index (Phi) is 3.78. The summed E-state index contributed by atoms with van der Waals surface area (Å²) in [5, 5.41) is 7.62. The SMILES string of the molecule is CCN=CC(=O)OO. The molecule has 0 heterocycles. The van der Waals surface area contributed by atoms with Crippen molar-refractivity contribution in [3.63, 3.8) is 0 Å². The maximum atomic E-state index is 9.95. The number of nitrogens with zero attached hydrogens (tertiary/aromatic N) is 1. The van der Waals surface area contributed by atoms with Crippen LogP contribution in [-0.4, -0.2) is 24.0 Å². The Bertz CT molecular complexity index is 99.5. The summed E-state index contributed by atoms with van der Waals surface area (Å²) in [7, 11) is 0. The minimum atomic E-state index is -0.841. The molecule has 0 unspecified atom stereocenters. The molecule has 8 heavy (non-hydrogen) atoms. The van der Waals surface area contributed by atoms with Gasteiger partial charge in [-0.3, -0.25) is 9.88 Å². The summed E-state index contributed by atoms with van der Waals surface area (Å²) in [6, 6.07) is 0. The van der Waals surface area contributed by atoms with Crippen LogP contribution in [0.2, 0.25) is 0 Å². The van der Waals surface area contributed by atoms with Gasteiger partial charge < -0.3 is 0 Å². The molecule has 0 bridgehead atoms. The molecule has 0 rings (SSSR count). The average molecular weight is 117 g/mol. The molecule has 0 aliphatic rings. The third-order valence-electron chi connectivity index (χ3n) is 0.469. The number of carbonyl (C=O) groups excluding carboxylic acids is 1. The smallest absolute Gasteiger partial charge is 0.294 e. The van der Waals surface area contributed by atoms with Crippen molar-refractivity contribution in [1.29, 1.82) is 0 Å². The van der Waals surface area contributed by atoms with Gasteiger partial charge in [-0.15, -0.1) is 0 Å². The first-order valence-corrected chi connectivity index (χ1v) is 2.16. The topological polar surface area (TPSA) is 58.9 Å². The van der Waals surface area contributed by atoms with Gasteiger partial charge in [-0.25, -0.2) is 4.79 Å². The monoisotopic (exact) mass is 117 g/mol. The highest BCUT2D eigenvalue weighted by atomic mass is 17.1. The summed E-state index contributed by atoms with van der Waals surface area (Å²) in [5.41, 5.74) is 0. The summed E-state index contributed by atoms with van der Waals surface area (Å²) in [4.78, 5) is 16.7. The Hall–Kier alpha value is -0.900. The Labute approximate surface area is 46.7 Å². The second-order valence-corrected chi connectivity index (χ2v) is 1.04. The van der Waals surface area contributed by atoms with Crippen molar-refractivity contribution in [1.82, 2.24) is 0 Å². The lowest BCUT2D eigenvalue weighted by atomic mass is 10.7. The maximum absolute atomic E-state index is 9.95. The van der Waals surface area contributed by atoms with E-state index in [1.165, 1.54) is 0 Å². The maximum Gasteiger partial charge on any atom is 0.383 e. The van der Waals surface area contributed by atoms with Gasteiger partial charge in [-0.2, -0.15) is 5.26 Å². The normalized spacial score (nSPS) is 9.75. The van der Waals surface area contributed by atoms with Crippen molar-refractivity contribution in [2.45, 2.75) is 6.92 Å². The molecule has 0 aliphatic carbocycles. The molecule has 46 valence electrons. The standard InChI is InChI=1S/C4H7NO3/c1-2-5-3-4(6)8-7/h3,7H,2H2,1H3. The molecule has 0 aromatic heterocycles. The van der Waals surface area contributed by atoms with Crippen LogP contribution in [0, 0.1) is 0 Å². The highest BCUT2D eigenvalue weighted by Crippen LogP contribution is 1.67. The highest BCUT2D eigenvalue weighted by Gasteiger charge is 1.90. The van der Waals surface area contributed by atoms with Gasteiger partial charge in [-0.05, 0) is 6.92 Å². The van der Waals surface area contributed by atoms with Gasteiger partial charge in [-0.1, -0.05) is 0 Å². The zero-order valence-electron chi connectivity index (χ0n) is 4.50. The largest absolute Gasteiger partial charge is 0.383 e. The number of hydrogen-bond acceptors (Lipinski definition) is 4. The van der Waals surface area contributed by atoms with Gasteiger partial charge in [0.2, 0.25) is 0 Å². The fraction of sp³-hybridized carbons (Fsp3) is 0.500. The van der Waals surface area contributed by atoms with Gasteiger partial charge in [0.1, 0.15) is 6.21 Å². The minimum absolute atomic E-state index is 0.509. The molecule has 0 aromatic carbocycles. The van der Waals surface area contributed by atoms with Crippen molar-refractivity contribution < 1.29 is 14.9 Å². The second-order valence-electron chi connectivity index (χ2n) is 1.04. The summed E-state index contributed by atoms with van der Waals surface area (Å²) < 4.78 is 0. The number of rotatable bonds is 2. The molecule has 1 N–H and O–H groups in total. The van der Waals surface area contributed by atoms with Crippen LogP contribution in [0.25, 0.3) is 0 Å². The van der Waals surface area contributed by atoms with E-state index in [4.69, 9.17) is 5.26 Å². The molecule has 0 radical (unpaired) electrons. The van der Waals surface area contributed by atoms with Crippen LogP contribution in [-0.2, 0) is 9.68 Å². The first kappa shape index (κ1) is 7.10. The van der Waals surface area contributed by atoms with Crippen LogP contribution >= 0.6 is 0 Å². The zero-order chi connectivity index (χ0) is 6.41. The molecule has 0 saturated carbocycles. The van der Waals surface area contributed by atoms with Crippen molar-refractivity contribution in [2.24, 2.45) is 4.99 Å². The Morgan fingerprint density at radius 3 is 3.00 bits per heavy atom. The third-order valence-corrected chi connectivity index (χ3v) is 0.469. The molecular weight excluding hydrogens is 110 g/mol. The van der Waals surface area contributed by atoms with Crippen LogP contribution < -0.4 is 0 Å². The second kappa shape index (κ2) is 4.26. The molecule has 0 spiro atoms. The molecule has 0 aliphatic heterocycles. The number of carbonyl (C=O) groups is 1. The number of hydrogen-bond donors (Lipinski definition) is 1. The van der Waals surface area contributed by atoms with Crippen LogP contribution in [0.15, 0.2) is 4.99 Å². The van der Waals surface area contributed by atoms with Gasteiger partial charge in [0, 0.05) is 6.54 Å². The first-order chi connectivity index (χ1) is 3.81. The van der Waals surface area contributed by atoms with Crippen molar-refractivity contribution >= 4 is 12.2 Å². The fourth-order valence-electron chi connectivity index (χ4n) is 0.189. The van der Waals surface area contributed by atoms with Crippen LogP contribution in [0.1, 0.15) is 6.92 Å². The molecule has 0 atom stereocenters. The number of aliphatic imine (C=N–C) groups is 1. The van der Waals surface area contributed by atoms with Crippen LogP contribution in [0.5, 0.6) is 0 Å². The Balaban J connectivity index is 3.37. The van der Waals surface area contributed by atoms with E-state index in [9.17, 15) is 4.79 Å². The molecule has 4 heteroatoms. The molecular formula is C4H7NO3. The fourth-order valence-corrected chi connectivity index (χ4v) is 0.189. The first-order valence-electron chi connectivity index (χ1n) is 2.16. The predicted molar refractivity (Wildman–Crippen MR) is 27.8 cm³/mol. The predicted octanol–water partition coefficient (Wildman–Crippen LogP) is 0.0933. The Morgan fingerprint density at radius 2 is 2.62 bits per heavy atom. The zero-order valence-corrected chi connectivity index (χ0v) is 4.50. The van der Waals surface area contributed by atoms with E-state index in [-0.39, 0.29) is 0 Å². The van der Waals surface area contributed by atoms with Crippen molar-refractivity contribution in [2.75, 3.05) is 6.54 Å². The van der Waals surface area contributed by atoms with E-state index in [0.29, 0.717) is 6.54 Å². The van der Waals surface area contributed by atoms with Crippen LogP contribution in [0.3, 0.4) is 0 Å². The highest BCUT2D eigenvalue weighted by molar-refractivity contribution is 6.22. The summed E-state index contributed by atoms with van der Waals surface area (Å²) >= 11 is 0. The molecule has 0 amide bonds. The quantitative estimate of drug-likeness (QED) is 0.317. The van der Waals surface area contributed by atoms with E-state index in [2.05, 4.69) is 9.88 Å². The minimum Gasteiger partial charge on any atom is -0.294 e. The van der Waals surface area contributed by atoms with E-state index >= 15 is 0 Å². The van der Waals surface area contributed by atoms with Gasteiger partial charge in [0.25, 0.3) is 0 Å². The van der Waals surface area contributed by atoms with Gasteiger partial charge in [0.15, 0.2) is 0 Å². The summed E-state index contributed by atoms with van der Waals surface area (Å²) in [6.07, 6.45) is 0.917. The van der Waals surface area contributed by atoms with Crippen LogP contribution in [0.4, 0.5) is 0 Å². The molecule has 4 nitrogen and oxygen atoms in total. The van der Waals surface area contributed by atoms with E-state index in [0.717, 1.165) is 6.21 Å². The third kappa shape index (κ3) is 3.30. The Morgan fingerprint density at radius 1 is 2.00 bits per heavy atom. The van der Waals surface area contributed by atoms with E-state index < -0.39 is 5.97 Å². The van der Waals surface area contributed by atoms with Crippen molar-refractivity contribution in [3.8, 4) is 0 Å². The van der Waals surface area contributed by atoms with Crippen molar-refractivity contribution in [3.05, 3.63) is 0 Å². The van der Waals surface area contributed by atoms with Gasteiger partial charge in [0.05, 0.1) is 0 Å².